The van der Waals surface area contributed by atoms with Crippen LogP contribution in [0.4, 0.5) is 0 Å². The zero-order valence-corrected chi connectivity index (χ0v) is 14.6. The van der Waals surface area contributed by atoms with Crippen LogP contribution in [0.25, 0.3) is 0 Å². The van der Waals surface area contributed by atoms with E-state index >= 15 is 0 Å². The lowest BCUT2D eigenvalue weighted by Gasteiger charge is -2.14. The van der Waals surface area contributed by atoms with Crippen molar-refractivity contribution in [2.24, 2.45) is 0 Å². The van der Waals surface area contributed by atoms with Gasteiger partial charge in [-0.3, -0.25) is 9.59 Å². The van der Waals surface area contributed by atoms with Crippen LogP contribution < -0.4 is 5.32 Å². The maximum absolute atomic E-state index is 11.9. The summed E-state index contributed by atoms with van der Waals surface area (Å²) in [6, 6.07) is 13.4. The Hall–Kier alpha value is -2.47. The zero-order chi connectivity index (χ0) is 17.5. The van der Waals surface area contributed by atoms with Gasteiger partial charge in [-0.1, -0.05) is 40.2 Å². The molecule has 0 aromatic heterocycles. The van der Waals surface area contributed by atoms with E-state index in [0.29, 0.717) is 11.8 Å². The number of rotatable bonds is 6. The first-order valence-corrected chi connectivity index (χ1v) is 8.06. The number of benzene rings is 2. The fourth-order valence-corrected chi connectivity index (χ4v) is 2.29. The molecular weight excluding hydrogens is 374 g/mol. The summed E-state index contributed by atoms with van der Waals surface area (Å²) in [5.74, 6) is -0.998. The van der Waals surface area contributed by atoms with Crippen molar-refractivity contribution in [1.82, 2.24) is 5.32 Å². The minimum Gasteiger partial charge on any atom is -0.452 e. The molecule has 0 spiro atoms. The highest BCUT2D eigenvalue weighted by Gasteiger charge is 2.13. The Kier molecular flexibility index (Phi) is 6.26. The summed E-state index contributed by atoms with van der Waals surface area (Å²) in [5, 5.41) is 2.76. The van der Waals surface area contributed by atoms with Crippen LogP contribution in [0.1, 0.15) is 39.2 Å². The highest BCUT2D eigenvalue weighted by Crippen LogP contribution is 2.16. The van der Waals surface area contributed by atoms with Crippen LogP contribution in [0.5, 0.6) is 0 Å². The summed E-state index contributed by atoms with van der Waals surface area (Å²) in [6.07, 6.45) is 0.687. The van der Waals surface area contributed by atoms with Crippen LogP contribution in [0.2, 0.25) is 0 Å². The highest BCUT2D eigenvalue weighted by molar-refractivity contribution is 9.10. The molecule has 0 unspecified atom stereocenters. The Labute approximate surface area is 148 Å². The number of hydrogen-bond acceptors (Lipinski definition) is 4. The van der Waals surface area contributed by atoms with Gasteiger partial charge in [0.05, 0.1) is 11.6 Å². The van der Waals surface area contributed by atoms with Crippen molar-refractivity contribution >= 4 is 34.1 Å². The van der Waals surface area contributed by atoms with Gasteiger partial charge in [0.1, 0.15) is 6.29 Å². The van der Waals surface area contributed by atoms with Gasteiger partial charge in [0.25, 0.3) is 5.91 Å². The van der Waals surface area contributed by atoms with Crippen molar-refractivity contribution in [1.29, 1.82) is 0 Å². The molecule has 0 heterocycles. The average Bonchev–Trinajstić information content (AvgIpc) is 2.60. The van der Waals surface area contributed by atoms with E-state index < -0.39 is 5.97 Å². The summed E-state index contributed by atoms with van der Waals surface area (Å²) < 4.78 is 5.93. The van der Waals surface area contributed by atoms with Gasteiger partial charge in [0, 0.05) is 10.0 Å². The molecule has 0 radical (unpaired) electrons. The monoisotopic (exact) mass is 389 g/mol. The molecule has 1 amide bonds. The second-order valence-corrected chi connectivity index (χ2v) is 6.07. The minimum atomic E-state index is -0.612. The van der Waals surface area contributed by atoms with Crippen LogP contribution in [-0.2, 0) is 9.53 Å². The van der Waals surface area contributed by atoms with Crippen molar-refractivity contribution < 1.29 is 19.1 Å². The molecule has 0 aliphatic carbocycles. The molecule has 0 saturated heterocycles. The van der Waals surface area contributed by atoms with Gasteiger partial charge < -0.3 is 10.1 Å². The lowest BCUT2D eigenvalue weighted by molar-refractivity contribution is -0.124. The van der Waals surface area contributed by atoms with E-state index in [1.54, 1.807) is 0 Å². The Morgan fingerprint density at radius 2 is 1.75 bits per heavy atom. The zero-order valence-electron chi connectivity index (χ0n) is 13.0. The number of aldehydes is 1. The first-order valence-electron chi connectivity index (χ1n) is 7.27. The van der Waals surface area contributed by atoms with Crippen LogP contribution in [-0.4, -0.2) is 24.8 Å². The first-order chi connectivity index (χ1) is 11.5. The summed E-state index contributed by atoms with van der Waals surface area (Å²) in [7, 11) is 0. The molecule has 2 aromatic rings. The van der Waals surface area contributed by atoms with Gasteiger partial charge in [0.2, 0.25) is 0 Å². The average molecular weight is 390 g/mol. The molecule has 5 nitrogen and oxygen atoms in total. The van der Waals surface area contributed by atoms with E-state index in [0.717, 1.165) is 10.0 Å². The van der Waals surface area contributed by atoms with Crippen molar-refractivity contribution in [3.05, 3.63) is 69.7 Å². The molecule has 1 N–H and O–H groups in total. The van der Waals surface area contributed by atoms with Gasteiger partial charge >= 0.3 is 5.97 Å². The molecule has 0 aliphatic rings. The lowest BCUT2D eigenvalue weighted by atomic mass is 10.1. The third-order valence-electron chi connectivity index (χ3n) is 3.36. The molecule has 0 aliphatic heterocycles. The SMILES string of the molecule is C[C@@H](NC(=O)COC(=O)c1ccc(C=O)cc1)c1ccc(Br)cc1. The maximum atomic E-state index is 11.9. The molecule has 124 valence electrons. The van der Waals surface area contributed by atoms with Crippen LogP contribution >= 0.6 is 15.9 Å². The molecule has 6 heteroatoms. The molecular formula is C18H16BrNO4. The molecule has 1 atom stereocenters. The Morgan fingerprint density at radius 1 is 1.12 bits per heavy atom. The predicted octanol–water partition coefficient (Wildman–Crippen LogP) is 3.30. The maximum Gasteiger partial charge on any atom is 0.338 e. The first kappa shape index (κ1) is 17.9. The summed E-state index contributed by atoms with van der Waals surface area (Å²) >= 11 is 3.35. The fraction of sp³-hybridized carbons (Fsp3) is 0.167. The Morgan fingerprint density at radius 3 is 2.33 bits per heavy atom. The topological polar surface area (TPSA) is 72.5 Å². The molecule has 0 bridgehead atoms. The third kappa shape index (κ3) is 5.03. The van der Waals surface area contributed by atoms with Gasteiger partial charge in [-0.25, -0.2) is 4.79 Å². The minimum absolute atomic E-state index is 0.198. The van der Waals surface area contributed by atoms with Gasteiger partial charge in [-0.15, -0.1) is 0 Å². The number of hydrogen-bond donors (Lipinski definition) is 1. The summed E-state index contributed by atoms with van der Waals surface area (Å²) in [4.78, 5) is 34.3. The van der Waals surface area contributed by atoms with E-state index in [1.807, 2.05) is 31.2 Å². The fourth-order valence-electron chi connectivity index (χ4n) is 2.03. The lowest BCUT2D eigenvalue weighted by Crippen LogP contribution is -2.31. The summed E-state index contributed by atoms with van der Waals surface area (Å²) in [6.45, 7) is 1.48. The summed E-state index contributed by atoms with van der Waals surface area (Å²) in [5.41, 5.74) is 1.70. The third-order valence-corrected chi connectivity index (χ3v) is 3.89. The number of halogens is 1. The van der Waals surface area contributed by atoms with E-state index in [4.69, 9.17) is 4.74 Å². The van der Waals surface area contributed by atoms with Gasteiger partial charge in [-0.2, -0.15) is 0 Å². The molecule has 0 fully saturated rings. The number of carbonyl (C=O) groups excluding carboxylic acids is 3. The molecule has 0 saturated carbocycles. The largest absolute Gasteiger partial charge is 0.452 e. The van der Waals surface area contributed by atoms with E-state index in [9.17, 15) is 14.4 Å². The van der Waals surface area contributed by atoms with E-state index in [1.165, 1.54) is 24.3 Å². The standard InChI is InChI=1S/C18H16BrNO4/c1-12(14-6-8-16(19)9-7-14)20-17(22)11-24-18(23)15-4-2-13(10-21)3-5-15/h2-10,12H,11H2,1H3,(H,20,22)/t12-/m1/s1. The number of ether oxygens (including phenoxy) is 1. The van der Waals surface area contributed by atoms with Crippen molar-refractivity contribution in [2.75, 3.05) is 6.61 Å². The van der Waals surface area contributed by atoms with Gasteiger partial charge in [0.15, 0.2) is 6.61 Å². The normalized spacial score (nSPS) is 11.4. The van der Waals surface area contributed by atoms with Crippen LogP contribution in [0, 0.1) is 0 Å². The van der Waals surface area contributed by atoms with Crippen LogP contribution in [0.3, 0.4) is 0 Å². The van der Waals surface area contributed by atoms with Crippen molar-refractivity contribution in [3.63, 3.8) is 0 Å². The predicted molar refractivity (Wildman–Crippen MR) is 92.8 cm³/mol. The quantitative estimate of drug-likeness (QED) is 0.607. The van der Waals surface area contributed by atoms with Gasteiger partial charge in [-0.05, 0) is 36.8 Å². The number of esters is 1. The Bertz CT molecular complexity index is 726. The van der Waals surface area contributed by atoms with E-state index in [2.05, 4.69) is 21.2 Å². The highest BCUT2D eigenvalue weighted by atomic mass is 79.9. The second kappa shape index (κ2) is 8.40. The van der Waals surface area contributed by atoms with Crippen molar-refractivity contribution in [3.8, 4) is 0 Å². The van der Waals surface area contributed by atoms with Crippen LogP contribution in [0.15, 0.2) is 53.0 Å². The smallest absolute Gasteiger partial charge is 0.338 e. The molecule has 2 rings (SSSR count). The van der Waals surface area contributed by atoms with Crippen molar-refractivity contribution in [2.45, 2.75) is 13.0 Å². The Balaban J connectivity index is 1.84. The van der Waals surface area contributed by atoms with E-state index in [-0.39, 0.29) is 24.1 Å². The number of nitrogens with one attached hydrogen (secondary N) is 1. The molecule has 24 heavy (non-hydrogen) atoms. The second-order valence-electron chi connectivity index (χ2n) is 5.16. The molecule has 2 aromatic carbocycles. The number of amides is 1. The number of carbonyl (C=O) groups is 3.